The second-order valence-electron chi connectivity index (χ2n) is 2.89. The first-order chi connectivity index (χ1) is 7.60. The van der Waals surface area contributed by atoms with Crippen LogP contribution in [0.3, 0.4) is 0 Å². The average Bonchev–Trinajstić information content (AvgIpc) is 2.26. The van der Waals surface area contributed by atoms with E-state index >= 15 is 0 Å². The van der Waals surface area contributed by atoms with E-state index in [1.54, 1.807) is 13.2 Å². The first kappa shape index (κ1) is 11.6. The molecule has 1 heterocycles. The number of allylic oxidation sites excluding steroid dienone is 1. The van der Waals surface area contributed by atoms with Crippen LogP contribution in [0.1, 0.15) is 16.2 Å². The number of carbonyl (C=O) groups excluding carboxylic acids is 1. The third kappa shape index (κ3) is 2.32. The molecule has 0 bridgehead atoms. The molecule has 0 atom stereocenters. The van der Waals surface area contributed by atoms with E-state index in [-0.39, 0.29) is 11.5 Å². The lowest BCUT2D eigenvalue weighted by molar-refractivity contribution is 0.0996. The van der Waals surface area contributed by atoms with Crippen LogP contribution in [0.5, 0.6) is 0 Å². The van der Waals surface area contributed by atoms with Gasteiger partial charge in [-0.2, -0.15) is 0 Å². The number of primary amides is 1. The molecule has 1 rings (SSSR count). The topological polar surface area (TPSA) is 131 Å². The summed E-state index contributed by atoms with van der Waals surface area (Å²) in [7, 11) is 1.68. The second-order valence-corrected chi connectivity index (χ2v) is 2.89. The molecule has 0 spiro atoms. The van der Waals surface area contributed by atoms with Crippen LogP contribution in [0.2, 0.25) is 0 Å². The van der Waals surface area contributed by atoms with Gasteiger partial charge in [-0.1, -0.05) is 0 Å². The summed E-state index contributed by atoms with van der Waals surface area (Å²) >= 11 is 0. The van der Waals surface area contributed by atoms with Gasteiger partial charge in [-0.15, -0.1) is 0 Å². The summed E-state index contributed by atoms with van der Waals surface area (Å²) in [4.78, 5) is 18.7. The molecule has 16 heavy (non-hydrogen) atoms. The molecule has 0 aliphatic heterocycles. The van der Waals surface area contributed by atoms with E-state index in [0.717, 1.165) is 6.21 Å². The summed E-state index contributed by atoms with van der Waals surface area (Å²) in [6.45, 7) is 0. The van der Waals surface area contributed by atoms with E-state index in [4.69, 9.17) is 16.9 Å². The third-order valence-electron chi connectivity index (χ3n) is 1.79. The standard InChI is InChI=1S/C9H12N6O/c1-13-3-5(2-10)6-4-14-8(11)7(15-6)9(12)16/h2-4,10,13H,1H3,(H2,11,14)(H2,12,16)/b5-3+,10-2?. The number of carbonyl (C=O) groups is 1. The number of aromatic nitrogens is 2. The van der Waals surface area contributed by atoms with Crippen molar-refractivity contribution < 1.29 is 4.79 Å². The molecule has 0 fully saturated rings. The minimum Gasteiger partial charge on any atom is -0.393 e. The van der Waals surface area contributed by atoms with Crippen molar-refractivity contribution in [3.8, 4) is 0 Å². The van der Waals surface area contributed by atoms with E-state index in [9.17, 15) is 4.79 Å². The monoisotopic (exact) mass is 220 g/mol. The molecule has 0 aromatic carbocycles. The summed E-state index contributed by atoms with van der Waals surface area (Å²) in [5.74, 6) is -0.773. The lowest BCUT2D eigenvalue weighted by atomic mass is 10.2. The zero-order valence-corrected chi connectivity index (χ0v) is 8.69. The van der Waals surface area contributed by atoms with Crippen molar-refractivity contribution in [1.82, 2.24) is 15.3 Å². The molecule has 0 radical (unpaired) electrons. The van der Waals surface area contributed by atoms with Gasteiger partial charge in [0.15, 0.2) is 11.5 Å². The number of anilines is 1. The fourth-order valence-electron chi connectivity index (χ4n) is 1.06. The molecule has 0 unspecified atom stereocenters. The molecular formula is C9H12N6O. The minimum absolute atomic E-state index is 0.0231. The zero-order chi connectivity index (χ0) is 12.1. The number of nitrogens with one attached hydrogen (secondary N) is 2. The number of amides is 1. The smallest absolute Gasteiger partial charge is 0.271 e. The number of nitrogens with two attached hydrogens (primary N) is 2. The summed E-state index contributed by atoms with van der Waals surface area (Å²) < 4.78 is 0. The van der Waals surface area contributed by atoms with Gasteiger partial charge in [0.25, 0.3) is 5.91 Å². The first-order valence-corrected chi connectivity index (χ1v) is 4.40. The summed E-state index contributed by atoms with van der Waals surface area (Å²) in [6, 6.07) is 0. The molecule has 7 nitrogen and oxygen atoms in total. The fraction of sp³-hybridized carbons (Fsp3) is 0.111. The first-order valence-electron chi connectivity index (χ1n) is 4.40. The minimum atomic E-state index is -0.749. The molecule has 0 saturated heterocycles. The van der Waals surface area contributed by atoms with E-state index in [2.05, 4.69) is 15.3 Å². The molecule has 1 amide bonds. The Bertz CT molecular complexity index is 453. The Balaban J connectivity index is 3.26. The predicted octanol–water partition coefficient (Wildman–Crippen LogP) is -0.632. The Kier molecular flexibility index (Phi) is 3.54. The van der Waals surface area contributed by atoms with Gasteiger partial charge in [0, 0.05) is 25.0 Å². The van der Waals surface area contributed by atoms with Crippen LogP contribution in [0, 0.1) is 5.41 Å². The maximum absolute atomic E-state index is 11.0. The number of hydrogen-bond acceptors (Lipinski definition) is 6. The van der Waals surface area contributed by atoms with Crippen LogP contribution in [-0.2, 0) is 0 Å². The highest BCUT2D eigenvalue weighted by molar-refractivity contribution is 6.07. The Hall–Kier alpha value is -2.44. The number of nitrogen functional groups attached to an aromatic ring is 1. The van der Waals surface area contributed by atoms with Crippen molar-refractivity contribution in [3.63, 3.8) is 0 Å². The number of hydrogen-bond donors (Lipinski definition) is 4. The summed E-state index contributed by atoms with van der Waals surface area (Å²) in [5.41, 5.74) is 11.3. The Labute approximate surface area is 92.1 Å². The molecule has 7 heteroatoms. The highest BCUT2D eigenvalue weighted by Gasteiger charge is 2.11. The molecule has 6 N–H and O–H groups in total. The van der Waals surface area contributed by atoms with Crippen LogP contribution in [0.25, 0.3) is 5.57 Å². The maximum Gasteiger partial charge on any atom is 0.271 e. The lowest BCUT2D eigenvalue weighted by Crippen LogP contribution is -2.17. The van der Waals surface area contributed by atoms with Crippen molar-refractivity contribution in [2.45, 2.75) is 0 Å². The van der Waals surface area contributed by atoms with Crippen LogP contribution in [0.4, 0.5) is 5.82 Å². The molecule has 0 saturated carbocycles. The van der Waals surface area contributed by atoms with Gasteiger partial charge in [0.1, 0.15) is 0 Å². The van der Waals surface area contributed by atoms with E-state index in [0.29, 0.717) is 11.3 Å². The lowest BCUT2D eigenvalue weighted by Gasteiger charge is -2.04. The van der Waals surface area contributed by atoms with Gasteiger partial charge in [0.05, 0.1) is 11.9 Å². The van der Waals surface area contributed by atoms with Gasteiger partial charge < -0.3 is 22.2 Å². The molecule has 1 aromatic heterocycles. The highest BCUT2D eigenvalue weighted by atomic mass is 16.1. The van der Waals surface area contributed by atoms with Crippen LogP contribution < -0.4 is 16.8 Å². The Morgan fingerprint density at radius 2 is 2.31 bits per heavy atom. The molecule has 0 aliphatic rings. The number of rotatable bonds is 4. The fourth-order valence-corrected chi connectivity index (χ4v) is 1.06. The Morgan fingerprint density at radius 1 is 1.62 bits per heavy atom. The van der Waals surface area contributed by atoms with Crippen molar-refractivity contribution in [1.29, 1.82) is 5.41 Å². The zero-order valence-electron chi connectivity index (χ0n) is 8.69. The number of nitrogens with zero attached hydrogens (tertiary/aromatic N) is 2. The Morgan fingerprint density at radius 3 is 2.81 bits per heavy atom. The highest BCUT2D eigenvalue weighted by Crippen LogP contribution is 2.11. The van der Waals surface area contributed by atoms with Crippen LogP contribution in [-0.4, -0.2) is 29.1 Å². The van der Waals surface area contributed by atoms with Crippen molar-refractivity contribution >= 4 is 23.5 Å². The van der Waals surface area contributed by atoms with Crippen LogP contribution in [0.15, 0.2) is 12.4 Å². The van der Waals surface area contributed by atoms with E-state index in [1.807, 2.05) is 0 Å². The van der Waals surface area contributed by atoms with Gasteiger partial charge in [-0.3, -0.25) is 4.79 Å². The predicted molar refractivity (Wildman–Crippen MR) is 60.8 cm³/mol. The normalized spacial score (nSPS) is 10.9. The second kappa shape index (κ2) is 4.87. The van der Waals surface area contributed by atoms with Gasteiger partial charge in [-0.05, 0) is 0 Å². The van der Waals surface area contributed by atoms with E-state index < -0.39 is 5.91 Å². The van der Waals surface area contributed by atoms with Gasteiger partial charge in [0.2, 0.25) is 0 Å². The van der Waals surface area contributed by atoms with Crippen molar-refractivity contribution in [2.24, 2.45) is 5.73 Å². The average molecular weight is 220 g/mol. The van der Waals surface area contributed by atoms with E-state index in [1.165, 1.54) is 6.20 Å². The quantitative estimate of drug-likeness (QED) is 0.501. The SMILES string of the molecule is CN/C=C(\C=N)c1cnc(N)c(C(N)=O)n1. The van der Waals surface area contributed by atoms with Gasteiger partial charge in [-0.25, -0.2) is 9.97 Å². The summed E-state index contributed by atoms with van der Waals surface area (Å²) in [5, 5.41) is 9.94. The maximum atomic E-state index is 11.0. The third-order valence-corrected chi connectivity index (χ3v) is 1.79. The largest absolute Gasteiger partial charge is 0.393 e. The molecule has 1 aromatic rings. The van der Waals surface area contributed by atoms with Crippen LogP contribution >= 0.6 is 0 Å². The molecule has 84 valence electrons. The van der Waals surface area contributed by atoms with Gasteiger partial charge >= 0.3 is 0 Å². The summed E-state index contributed by atoms with van der Waals surface area (Å²) in [6.07, 6.45) is 4.01. The molecule has 0 aliphatic carbocycles. The van der Waals surface area contributed by atoms with Crippen molar-refractivity contribution in [2.75, 3.05) is 12.8 Å². The molecular weight excluding hydrogens is 208 g/mol. The van der Waals surface area contributed by atoms with Crippen molar-refractivity contribution in [3.05, 3.63) is 23.8 Å².